The molecule has 2 heterocycles. The number of hydrogen-bond donors (Lipinski definition) is 0. The topological polar surface area (TPSA) is 49.6 Å². The zero-order chi connectivity index (χ0) is 20.8. The molecule has 5 heteroatoms. The van der Waals surface area contributed by atoms with E-state index in [0.717, 1.165) is 61.4 Å². The second-order valence-electron chi connectivity index (χ2n) is 7.96. The van der Waals surface area contributed by atoms with Gasteiger partial charge < -0.3 is 9.42 Å². The van der Waals surface area contributed by atoms with Crippen molar-refractivity contribution < 1.29 is 9.32 Å². The second kappa shape index (κ2) is 9.72. The quantitative estimate of drug-likeness (QED) is 0.553. The summed E-state index contributed by atoms with van der Waals surface area (Å²) in [5.41, 5.74) is 2.99. The van der Waals surface area contributed by atoms with Crippen molar-refractivity contribution in [3.05, 3.63) is 78.1 Å². The molecule has 1 aliphatic rings. The van der Waals surface area contributed by atoms with Gasteiger partial charge in [0.25, 0.3) is 0 Å². The predicted octanol–water partition coefficient (Wildman–Crippen LogP) is 4.57. The van der Waals surface area contributed by atoms with Gasteiger partial charge in [0.2, 0.25) is 5.91 Å². The smallest absolute Gasteiger partial charge is 0.244 e. The lowest BCUT2D eigenvalue weighted by Crippen LogP contribution is -2.40. The van der Waals surface area contributed by atoms with Crippen LogP contribution in [0.25, 0.3) is 11.3 Å². The van der Waals surface area contributed by atoms with Crippen molar-refractivity contribution in [3.63, 3.8) is 0 Å². The first-order chi connectivity index (χ1) is 14.7. The van der Waals surface area contributed by atoms with Gasteiger partial charge in [0, 0.05) is 31.6 Å². The van der Waals surface area contributed by atoms with Crippen LogP contribution in [0.15, 0.2) is 71.3 Å². The maximum Gasteiger partial charge on any atom is 0.244 e. The Morgan fingerprint density at radius 1 is 1.07 bits per heavy atom. The third-order valence-corrected chi connectivity index (χ3v) is 5.78. The molecule has 1 fully saturated rings. The fraction of sp³-hybridized carbons (Fsp3) is 0.360. The number of nitrogens with zero attached hydrogens (tertiary/aromatic N) is 3. The van der Waals surface area contributed by atoms with E-state index >= 15 is 0 Å². The van der Waals surface area contributed by atoms with Gasteiger partial charge >= 0.3 is 0 Å². The number of carbonyl (C=O) groups is 1. The molecule has 5 nitrogen and oxygen atoms in total. The number of aryl methyl sites for hydroxylation is 1. The monoisotopic (exact) mass is 403 g/mol. The zero-order valence-corrected chi connectivity index (χ0v) is 17.5. The minimum Gasteiger partial charge on any atom is -0.361 e. The lowest BCUT2D eigenvalue weighted by atomic mass is 10.0. The molecule has 0 saturated carbocycles. The highest BCUT2D eigenvalue weighted by atomic mass is 16.5. The molecule has 1 atom stereocenters. The summed E-state index contributed by atoms with van der Waals surface area (Å²) in [5.74, 6) is 1.03. The molecular formula is C25H29N3O2. The van der Waals surface area contributed by atoms with Crippen molar-refractivity contribution in [2.45, 2.75) is 31.7 Å². The molecule has 0 bridgehead atoms. The number of hydrogen-bond acceptors (Lipinski definition) is 4. The SMILES string of the molecule is CN(CCCc1cc(-c2ccccc2)no1)C(=O)C(c1ccccc1)N1CCCC1. The average Bonchev–Trinajstić information content (AvgIpc) is 3.48. The molecule has 1 unspecified atom stereocenters. The Hall–Kier alpha value is -2.92. The predicted molar refractivity (Wildman–Crippen MR) is 118 cm³/mol. The number of likely N-dealkylation sites (N-methyl/N-ethyl adjacent to an activating group) is 1. The molecule has 0 aliphatic carbocycles. The normalized spacial score (nSPS) is 15.2. The molecule has 1 aliphatic heterocycles. The van der Waals surface area contributed by atoms with Crippen LogP contribution in [-0.2, 0) is 11.2 Å². The van der Waals surface area contributed by atoms with Crippen LogP contribution in [-0.4, -0.2) is 47.5 Å². The van der Waals surface area contributed by atoms with Gasteiger partial charge in [0.1, 0.15) is 17.5 Å². The average molecular weight is 404 g/mol. The maximum atomic E-state index is 13.3. The summed E-state index contributed by atoms with van der Waals surface area (Å²) in [6.45, 7) is 2.66. The number of benzene rings is 2. The van der Waals surface area contributed by atoms with Gasteiger partial charge in [-0.3, -0.25) is 9.69 Å². The summed E-state index contributed by atoms with van der Waals surface area (Å²) in [7, 11) is 1.91. The molecule has 30 heavy (non-hydrogen) atoms. The van der Waals surface area contributed by atoms with Crippen LogP contribution in [0.5, 0.6) is 0 Å². The van der Waals surface area contributed by atoms with E-state index in [0.29, 0.717) is 6.54 Å². The Labute approximate surface area is 178 Å². The first-order valence-electron chi connectivity index (χ1n) is 10.8. The third-order valence-electron chi connectivity index (χ3n) is 5.78. The van der Waals surface area contributed by atoms with Crippen LogP contribution in [0, 0.1) is 0 Å². The molecule has 2 aromatic carbocycles. The van der Waals surface area contributed by atoms with E-state index < -0.39 is 0 Å². The van der Waals surface area contributed by atoms with Crippen molar-refractivity contribution in [1.82, 2.24) is 15.0 Å². The Kier molecular flexibility index (Phi) is 6.60. The summed E-state index contributed by atoms with van der Waals surface area (Å²) >= 11 is 0. The molecule has 156 valence electrons. The van der Waals surface area contributed by atoms with Gasteiger partial charge in [0.15, 0.2) is 0 Å². The minimum absolute atomic E-state index is 0.172. The number of carbonyl (C=O) groups excluding carboxylic acids is 1. The van der Waals surface area contributed by atoms with Crippen LogP contribution in [0.3, 0.4) is 0 Å². The first-order valence-corrected chi connectivity index (χ1v) is 10.8. The van der Waals surface area contributed by atoms with Crippen molar-refractivity contribution in [2.24, 2.45) is 0 Å². The molecule has 0 spiro atoms. The van der Waals surface area contributed by atoms with Crippen LogP contribution >= 0.6 is 0 Å². The van der Waals surface area contributed by atoms with E-state index in [1.807, 2.05) is 66.5 Å². The molecule has 1 aromatic heterocycles. The molecule has 1 amide bonds. The fourth-order valence-electron chi connectivity index (χ4n) is 4.13. The van der Waals surface area contributed by atoms with Crippen molar-refractivity contribution in [3.8, 4) is 11.3 Å². The molecule has 0 N–H and O–H groups in total. The highest BCUT2D eigenvalue weighted by Gasteiger charge is 2.31. The standard InChI is InChI=1S/C25H29N3O2/c1-27(16-10-15-22-19-23(26-30-22)20-11-4-2-5-12-20)25(29)24(28-17-8-9-18-28)21-13-6-3-7-14-21/h2-7,11-14,19,24H,8-10,15-18H2,1H3. The van der Waals surface area contributed by atoms with Gasteiger partial charge in [-0.05, 0) is 37.9 Å². The highest BCUT2D eigenvalue weighted by Crippen LogP contribution is 2.27. The van der Waals surface area contributed by atoms with E-state index in [-0.39, 0.29) is 11.9 Å². The van der Waals surface area contributed by atoms with Gasteiger partial charge in [0.05, 0.1) is 0 Å². The summed E-state index contributed by atoms with van der Waals surface area (Å²) in [6, 6.07) is 22.0. The summed E-state index contributed by atoms with van der Waals surface area (Å²) in [6.07, 6.45) is 3.93. The Morgan fingerprint density at radius 3 is 2.43 bits per heavy atom. The van der Waals surface area contributed by atoms with Crippen molar-refractivity contribution in [1.29, 1.82) is 0 Å². The number of aromatic nitrogens is 1. The van der Waals surface area contributed by atoms with Crippen molar-refractivity contribution >= 4 is 5.91 Å². The Bertz CT molecular complexity index is 933. The van der Waals surface area contributed by atoms with E-state index in [1.165, 1.54) is 0 Å². The van der Waals surface area contributed by atoms with E-state index in [2.05, 4.69) is 22.2 Å². The van der Waals surface area contributed by atoms with Crippen LogP contribution < -0.4 is 0 Å². The van der Waals surface area contributed by atoms with Crippen LogP contribution in [0.2, 0.25) is 0 Å². The van der Waals surface area contributed by atoms with Crippen molar-refractivity contribution in [2.75, 3.05) is 26.7 Å². The Morgan fingerprint density at radius 2 is 1.73 bits per heavy atom. The number of likely N-dealkylation sites (tertiary alicyclic amines) is 1. The van der Waals surface area contributed by atoms with Gasteiger partial charge in [-0.1, -0.05) is 65.8 Å². The summed E-state index contributed by atoms with van der Waals surface area (Å²) < 4.78 is 5.50. The van der Waals surface area contributed by atoms with Gasteiger partial charge in [-0.2, -0.15) is 0 Å². The van der Waals surface area contributed by atoms with Crippen LogP contribution in [0.4, 0.5) is 0 Å². The lowest BCUT2D eigenvalue weighted by Gasteiger charge is -2.30. The van der Waals surface area contributed by atoms with Crippen LogP contribution in [0.1, 0.15) is 36.6 Å². The molecule has 0 radical (unpaired) electrons. The number of rotatable bonds is 8. The van der Waals surface area contributed by atoms with E-state index in [9.17, 15) is 4.79 Å². The molecular weight excluding hydrogens is 374 g/mol. The highest BCUT2D eigenvalue weighted by molar-refractivity contribution is 5.83. The third kappa shape index (κ3) is 4.79. The maximum absolute atomic E-state index is 13.3. The zero-order valence-electron chi connectivity index (χ0n) is 17.5. The number of amides is 1. The minimum atomic E-state index is -0.186. The fourth-order valence-corrected chi connectivity index (χ4v) is 4.13. The summed E-state index contributed by atoms with van der Waals surface area (Å²) in [4.78, 5) is 17.5. The van der Waals surface area contributed by atoms with Gasteiger partial charge in [-0.15, -0.1) is 0 Å². The largest absolute Gasteiger partial charge is 0.361 e. The lowest BCUT2D eigenvalue weighted by molar-refractivity contribution is -0.135. The van der Waals surface area contributed by atoms with E-state index in [4.69, 9.17) is 4.52 Å². The molecule has 1 saturated heterocycles. The summed E-state index contributed by atoms with van der Waals surface area (Å²) in [5, 5.41) is 4.18. The van der Waals surface area contributed by atoms with Gasteiger partial charge in [-0.25, -0.2) is 0 Å². The second-order valence-corrected chi connectivity index (χ2v) is 7.96. The molecule has 4 rings (SSSR count). The van der Waals surface area contributed by atoms with E-state index in [1.54, 1.807) is 0 Å². The molecule has 3 aromatic rings. The Balaban J connectivity index is 1.35. The first kappa shape index (κ1) is 20.4.